The largest absolute Gasteiger partial charge is 0.325 e. The summed E-state index contributed by atoms with van der Waals surface area (Å²) in [5.41, 5.74) is 4.25. The van der Waals surface area contributed by atoms with Gasteiger partial charge >= 0.3 is 0 Å². The molecule has 1 aliphatic heterocycles. The van der Waals surface area contributed by atoms with Crippen molar-refractivity contribution in [2.24, 2.45) is 0 Å². The van der Waals surface area contributed by atoms with Gasteiger partial charge in [-0.05, 0) is 35.7 Å². The molecule has 1 aliphatic rings. The van der Waals surface area contributed by atoms with Crippen LogP contribution in [0.25, 0.3) is 0 Å². The lowest BCUT2D eigenvalue weighted by atomic mass is 9.90. The van der Waals surface area contributed by atoms with E-state index in [1.165, 1.54) is 5.56 Å². The highest BCUT2D eigenvalue weighted by atomic mass is 79.9. The normalized spacial score (nSPS) is 17.1. The fourth-order valence-electron chi connectivity index (χ4n) is 2.68. The van der Waals surface area contributed by atoms with Crippen LogP contribution in [0.1, 0.15) is 22.6 Å². The minimum atomic E-state index is -0.145. The quantitative estimate of drug-likeness (QED) is 0.874. The maximum Gasteiger partial charge on any atom is 0.233 e. The van der Waals surface area contributed by atoms with Gasteiger partial charge in [0, 0.05) is 23.2 Å². The average Bonchev–Trinajstić information content (AvgIpc) is 2.50. The van der Waals surface area contributed by atoms with E-state index in [0.717, 1.165) is 27.8 Å². The number of amides is 1. The second-order valence-corrected chi connectivity index (χ2v) is 6.25. The number of hydrogen-bond acceptors (Lipinski definition) is 2. The molecule has 0 fully saturated rings. The Kier molecular flexibility index (Phi) is 4.08. The van der Waals surface area contributed by atoms with Gasteiger partial charge in [0.15, 0.2) is 0 Å². The van der Waals surface area contributed by atoms with Crippen LogP contribution in [0.15, 0.2) is 46.9 Å². The van der Waals surface area contributed by atoms with Crippen LogP contribution in [0.5, 0.6) is 0 Å². The van der Waals surface area contributed by atoms with Crippen molar-refractivity contribution in [2.45, 2.75) is 19.4 Å². The first-order chi connectivity index (χ1) is 10.1. The summed E-state index contributed by atoms with van der Waals surface area (Å²) in [7, 11) is 0. The predicted octanol–water partition coefficient (Wildman–Crippen LogP) is 3.58. The summed E-state index contributed by atoms with van der Waals surface area (Å²) in [5.74, 6) is -0.107. The van der Waals surface area contributed by atoms with E-state index in [1.54, 1.807) is 0 Å². The van der Waals surface area contributed by atoms with Crippen molar-refractivity contribution in [2.75, 3.05) is 11.9 Å². The summed E-state index contributed by atoms with van der Waals surface area (Å²) in [6, 6.07) is 14.0. The number of benzene rings is 2. The lowest BCUT2D eigenvalue weighted by Crippen LogP contribution is -2.35. The van der Waals surface area contributed by atoms with E-state index in [1.807, 2.05) is 43.3 Å². The number of hydrogen-bond donors (Lipinski definition) is 2. The number of rotatable bonds is 2. The third-order valence-corrected chi connectivity index (χ3v) is 4.36. The standard InChI is InChI=1S/C17H17BrN2O/c1-11-6-7-13(18)8-16(11)20-17(21)15-10-19-9-12-4-2-3-5-14(12)15/h2-8,15,19H,9-10H2,1H3,(H,20,21). The molecule has 3 rings (SSSR count). The Labute approximate surface area is 132 Å². The molecule has 0 saturated heterocycles. The van der Waals surface area contributed by atoms with E-state index in [0.29, 0.717) is 6.54 Å². The van der Waals surface area contributed by atoms with Crippen LogP contribution in [-0.2, 0) is 11.3 Å². The van der Waals surface area contributed by atoms with Gasteiger partial charge in [0.2, 0.25) is 5.91 Å². The summed E-state index contributed by atoms with van der Waals surface area (Å²) >= 11 is 3.44. The third-order valence-electron chi connectivity index (χ3n) is 3.87. The summed E-state index contributed by atoms with van der Waals surface area (Å²) in [6.07, 6.45) is 0. The molecular formula is C17H17BrN2O. The molecule has 2 N–H and O–H groups in total. The van der Waals surface area contributed by atoms with Gasteiger partial charge in [0.1, 0.15) is 0 Å². The minimum Gasteiger partial charge on any atom is -0.325 e. The van der Waals surface area contributed by atoms with Crippen LogP contribution in [0.2, 0.25) is 0 Å². The maximum atomic E-state index is 12.6. The van der Waals surface area contributed by atoms with Gasteiger partial charge in [-0.1, -0.05) is 46.3 Å². The Morgan fingerprint density at radius 3 is 2.95 bits per heavy atom. The number of carbonyl (C=O) groups is 1. The molecule has 4 heteroatoms. The second-order valence-electron chi connectivity index (χ2n) is 5.33. The molecule has 0 aromatic heterocycles. The lowest BCUT2D eigenvalue weighted by Gasteiger charge is -2.25. The molecule has 1 unspecified atom stereocenters. The highest BCUT2D eigenvalue weighted by molar-refractivity contribution is 9.10. The molecule has 0 aliphatic carbocycles. The Hall–Kier alpha value is -1.65. The number of fused-ring (bicyclic) bond motifs is 1. The van der Waals surface area contributed by atoms with Crippen molar-refractivity contribution < 1.29 is 4.79 Å². The Morgan fingerprint density at radius 2 is 2.10 bits per heavy atom. The zero-order valence-corrected chi connectivity index (χ0v) is 13.4. The van der Waals surface area contributed by atoms with Gasteiger partial charge in [0.25, 0.3) is 0 Å². The molecule has 108 valence electrons. The van der Waals surface area contributed by atoms with Crippen LogP contribution < -0.4 is 10.6 Å². The molecule has 3 nitrogen and oxygen atoms in total. The Balaban J connectivity index is 1.85. The maximum absolute atomic E-state index is 12.6. The van der Waals surface area contributed by atoms with E-state index >= 15 is 0 Å². The molecule has 1 amide bonds. The van der Waals surface area contributed by atoms with Gasteiger partial charge in [-0.3, -0.25) is 4.79 Å². The highest BCUT2D eigenvalue weighted by Crippen LogP contribution is 2.27. The van der Waals surface area contributed by atoms with Crippen molar-refractivity contribution in [1.29, 1.82) is 0 Å². The topological polar surface area (TPSA) is 41.1 Å². The first-order valence-electron chi connectivity index (χ1n) is 7.00. The van der Waals surface area contributed by atoms with Gasteiger partial charge in [0.05, 0.1) is 5.92 Å². The lowest BCUT2D eigenvalue weighted by molar-refractivity contribution is -0.117. The van der Waals surface area contributed by atoms with Crippen molar-refractivity contribution in [3.63, 3.8) is 0 Å². The summed E-state index contributed by atoms with van der Waals surface area (Å²) in [6.45, 7) is 3.50. The van der Waals surface area contributed by atoms with E-state index in [9.17, 15) is 4.79 Å². The van der Waals surface area contributed by atoms with Crippen molar-refractivity contribution >= 4 is 27.5 Å². The molecule has 2 aromatic rings. The summed E-state index contributed by atoms with van der Waals surface area (Å²) < 4.78 is 0.963. The Morgan fingerprint density at radius 1 is 1.29 bits per heavy atom. The summed E-state index contributed by atoms with van der Waals surface area (Å²) in [5, 5.41) is 6.37. The van der Waals surface area contributed by atoms with E-state index in [2.05, 4.69) is 32.6 Å². The average molecular weight is 345 g/mol. The molecule has 1 heterocycles. The zero-order valence-electron chi connectivity index (χ0n) is 11.8. The number of aryl methyl sites for hydroxylation is 1. The molecular weight excluding hydrogens is 328 g/mol. The van der Waals surface area contributed by atoms with Crippen molar-refractivity contribution in [1.82, 2.24) is 5.32 Å². The first kappa shape index (κ1) is 14.3. The SMILES string of the molecule is Cc1ccc(Br)cc1NC(=O)C1CNCc2ccccc21. The molecule has 0 spiro atoms. The van der Waals surface area contributed by atoms with E-state index in [-0.39, 0.29) is 11.8 Å². The number of carbonyl (C=O) groups excluding carboxylic acids is 1. The van der Waals surface area contributed by atoms with Gasteiger partial charge in [-0.15, -0.1) is 0 Å². The molecule has 0 bridgehead atoms. The molecule has 2 aromatic carbocycles. The van der Waals surface area contributed by atoms with Crippen molar-refractivity contribution in [3.8, 4) is 0 Å². The fourth-order valence-corrected chi connectivity index (χ4v) is 3.04. The monoisotopic (exact) mass is 344 g/mol. The van der Waals surface area contributed by atoms with E-state index in [4.69, 9.17) is 0 Å². The second kappa shape index (κ2) is 6.00. The molecule has 0 saturated carbocycles. The van der Waals surface area contributed by atoms with Crippen molar-refractivity contribution in [3.05, 3.63) is 63.6 Å². The predicted molar refractivity (Wildman–Crippen MR) is 88.4 cm³/mol. The number of halogens is 1. The van der Waals surface area contributed by atoms with Gasteiger partial charge < -0.3 is 10.6 Å². The molecule has 0 radical (unpaired) electrons. The van der Waals surface area contributed by atoms with Crippen LogP contribution in [0.4, 0.5) is 5.69 Å². The van der Waals surface area contributed by atoms with E-state index < -0.39 is 0 Å². The summed E-state index contributed by atoms with van der Waals surface area (Å²) in [4.78, 5) is 12.6. The van der Waals surface area contributed by atoms with Gasteiger partial charge in [-0.25, -0.2) is 0 Å². The minimum absolute atomic E-state index is 0.0378. The van der Waals surface area contributed by atoms with Crippen LogP contribution in [-0.4, -0.2) is 12.5 Å². The zero-order chi connectivity index (χ0) is 14.8. The molecule has 21 heavy (non-hydrogen) atoms. The van der Waals surface area contributed by atoms with Gasteiger partial charge in [-0.2, -0.15) is 0 Å². The third kappa shape index (κ3) is 3.01. The highest BCUT2D eigenvalue weighted by Gasteiger charge is 2.26. The first-order valence-corrected chi connectivity index (χ1v) is 7.80. The molecule has 1 atom stereocenters. The van der Waals surface area contributed by atoms with Crippen LogP contribution >= 0.6 is 15.9 Å². The fraction of sp³-hybridized carbons (Fsp3) is 0.235. The smallest absolute Gasteiger partial charge is 0.233 e. The van der Waals surface area contributed by atoms with Crippen LogP contribution in [0, 0.1) is 6.92 Å². The van der Waals surface area contributed by atoms with Crippen LogP contribution in [0.3, 0.4) is 0 Å². The number of anilines is 1. The Bertz CT molecular complexity index is 684. The number of nitrogens with one attached hydrogen (secondary N) is 2.